The summed E-state index contributed by atoms with van der Waals surface area (Å²) in [4.78, 5) is 0. The quantitative estimate of drug-likeness (QED) is 0.259. The van der Waals surface area contributed by atoms with Crippen molar-refractivity contribution < 1.29 is 30.3 Å². The molecule has 0 aromatic carbocycles. The summed E-state index contributed by atoms with van der Waals surface area (Å²) in [5, 5.41) is 48.7. The molecule has 0 radical (unpaired) electrons. The molecule has 6 N–H and O–H groups in total. The fourth-order valence-corrected chi connectivity index (χ4v) is 1.38. The van der Waals surface area contributed by atoms with Crippen molar-refractivity contribution in [3.05, 3.63) is 0 Å². The van der Waals surface area contributed by atoms with E-state index < -0.39 is 36.9 Å². The molecule has 0 aliphatic carbocycles. The molecule has 0 spiro atoms. The Balaban J connectivity index is 2.84. The van der Waals surface area contributed by atoms with Crippen LogP contribution in [0.4, 0.5) is 0 Å². The number of aliphatic hydroxyl groups excluding tert-OH is 4. The van der Waals surface area contributed by atoms with Crippen LogP contribution in [0.1, 0.15) is 0 Å². The molecule has 5 atom stereocenters. The minimum absolute atomic E-state index is 0.560. The van der Waals surface area contributed by atoms with Crippen LogP contribution in [0.3, 0.4) is 0 Å². The number of hydrogen-bond acceptors (Lipinski definition) is 7. The van der Waals surface area contributed by atoms with Crippen molar-refractivity contribution in [2.45, 2.75) is 30.3 Å². The second kappa shape index (κ2) is 4.07. The predicted molar refractivity (Wildman–Crippen MR) is 44.0 cm³/mol. The van der Waals surface area contributed by atoms with Crippen molar-refractivity contribution in [1.82, 2.24) is 5.32 Å². The number of ether oxygens (including phenoxy) is 1. The van der Waals surface area contributed by atoms with Gasteiger partial charge in [-0.2, -0.15) is 0 Å². The molecule has 1 rings (SSSR count). The topological polar surface area (TPSA) is 122 Å². The lowest BCUT2D eigenvalue weighted by atomic mass is 9.94. The van der Waals surface area contributed by atoms with Crippen molar-refractivity contribution in [2.75, 3.05) is 13.7 Å². The minimum Gasteiger partial charge on any atom is -0.394 e. The van der Waals surface area contributed by atoms with E-state index in [4.69, 9.17) is 9.84 Å². The van der Waals surface area contributed by atoms with Gasteiger partial charge in [0.2, 0.25) is 6.29 Å². The van der Waals surface area contributed by atoms with Crippen molar-refractivity contribution in [1.29, 1.82) is 0 Å². The zero-order valence-corrected chi connectivity index (χ0v) is 7.66. The molecule has 7 heteroatoms. The van der Waals surface area contributed by atoms with E-state index >= 15 is 0 Å². The van der Waals surface area contributed by atoms with Crippen molar-refractivity contribution in [2.24, 2.45) is 0 Å². The lowest BCUT2D eigenvalue weighted by Gasteiger charge is -2.45. The average molecular weight is 209 g/mol. The van der Waals surface area contributed by atoms with Gasteiger partial charge in [-0.05, 0) is 7.05 Å². The van der Waals surface area contributed by atoms with Crippen molar-refractivity contribution in [3.8, 4) is 0 Å². The first kappa shape index (κ1) is 11.8. The molecule has 1 aliphatic heterocycles. The molecule has 0 bridgehead atoms. The number of likely N-dealkylation sites (N-methyl/N-ethyl adjacent to an activating group) is 1. The molecule has 0 saturated carbocycles. The fraction of sp³-hybridized carbons (Fsp3) is 1.00. The maximum atomic E-state index is 9.62. The van der Waals surface area contributed by atoms with Crippen LogP contribution in [0.2, 0.25) is 0 Å². The first-order valence-corrected chi connectivity index (χ1v) is 4.19. The monoisotopic (exact) mass is 209 g/mol. The highest BCUT2D eigenvalue weighted by atomic mass is 16.6. The van der Waals surface area contributed by atoms with Crippen LogP contribution >= 0.6 is 0 Å². The Labute approximate surface area is 80.6 Å². The summed E-state index contributed by atoms with van der Waals surface area (Å²) < 4.78 is 4.71. The molecular weight excluding hydrogens is 194 g/mol. The third-order valence-corrected chi connectivity index (χ3v) is 2.42. The molecule has 1 aliphatic rings. The van der Waals surface area contributed by atoms with Crippen LogP contribution in [-0.4, -0.2) is 69.5 Å². The molecule has 14 heavy (non-hydrogen) atoms. The number of hydrogen-bond donors (Lipinski definition) is 6. The number of rotatable bonds is 2. The summed E-state index contributed by atoms with van der Waals surface area (Å²) in [6.45, 7) is -0.560. The average Bonchev–Trinajstić information content (AvgIpc) is 2.20. The van der Waals surface area contributed by atoms with Gasteiger partial charge in [-0.1, -0.05) is 0 Å². The SMILES string of the molecule is CN[C@@]1(O)C(O)O[C@@H](CO)[C@H](O)[C@H]1O. The lowest BCUT2D eigenvalue weighted by molar-refractivity contribution is -0.337. The molecule has 1 heterocycles. The fourth-order valence-electron chi connectivity index (χ4n) is 1.38. The Morgan fingerprint density at radius 2 is 1.93 bits per heavy atom. The molecule has 1 saturated heterocycles. The molecular formula is C7H15NO6. The smallest absolute Gasteiger partial charge is 0.201 e. The number of nitrogens with one attached hydrogen (secondary N) is 1. The first-order valence-electron chi connectivity index (χ1n) is 4.19. The zero-order valence-electron chi connectivity index (χ0n) is 7.66. The van der Waals surface area contributed by atoms with Gasteiger partial charge in [0.05, 0.1) is 6.61 Å². The minimum atomic E-state index is -2.13. The van der Waals surface area contributed by atoms with E-state index in [1.54, 1.807) is 0 Å². The zero-order chi connectivity index (χ0) is 10.9. The van der Waals surface area contributed by atoms with Crippen LogP contribution in [0.5, 0.6) is 0 Å². The normalized spacial score (nSPS) is 49.3. The first-order chi connectivity index (χ1) is 6.47. The van der Waals surface area contributed by atoms with Crippen LogP contribution < -0.4 is 5.32 Å². The van der Waals surface area contributed by atoms with Gasteiger partial charge in [-0.3, -0.25) is 5.32 Å². The van der Waals surface area contributed by atoms with E-state index in [0.717, 1.165) is 0 Å². The van der Waals surface area contributed by atoms with Gasteiger partial charge in [0.15, 0.2) is 5.72 Å². The van der Waals surface area contributed by atoms with Crippen LogP contribution in [0.25, 0.3) is 0 Å². The summed E-state index contributed by atoms with van der Waals surface area (Å²) in [6.07, 6.45) is -5.95. The summed E-state index contributed by atoms with van der Waals surface area (Å²) in [6, 6.07) is 0. The molecule has 1 fully saturated rings. The molecule has 0 amide bonds. The maximum Gasteiger partial charge on any atom is 0.201 e. The van der Waals surface area contributed by atoms with E-state index in [1.807, 2.05) is 0 Å². The molecule has 1 unspecified atom stereocenters. The van der Waals surface area contributed by atoms with Crippen LogP contribution in [0, 0.1) is 0 Å². The summed E-state index contributed by atoms with van der Waals surface area (Å²) in [5.74, 6) is 0. The van der Waals surface area contributed by atoms with Gasteiger partial charge in [0.25, 0.3) is 0 Å². The summed E-state index contributed by atoms with van der Waals surface area (Å²) in [7, 11) is 1.29. The maximum absolute atomic E-state index is 9.62. The Morgan fingerprint density at radius 1 is 1.36 bits per heavy atom. The van der Waals surface area contributed by atoms with Gasteiger partial charge < -0.3 is 30.3 Å². The predicted octanol–water partition coefficient (Wildman–Crippen LogP) is -3.67. The Hall–Kier alpha value is -0.280. The van der Waals surface area contributed by atoms with E-state index in [9.17, 15) is 20.4 Å². The van der Waals surface area contributed by atoms with E-state index in [0.29, 0.717) is 0 Å². The molecule has 7 nitrogen and oxygen atoms in total. The molecule has 0 aromatic rings. The highest BCUT2D eigenvalue weighted by molar-refractivity contribution is 4.97. The van der Waals surface area contributed by atoms with E-state index in [1.165, 1.54) is 7.05 Å². The van der Waals surface area contributed by atoms with E-state index in [-0.39, 0.29) is 0 Å². The highest BCUT2D eigenvalue weighted by Crippen LogP contribution is 2.26. The van der Waals surface area contributed by atoms with Gasteiger partial charge >= 0.3 is 0 Å². The summed E-state index contributed by atoms with van der Waals surface area (Å²) in [5.41, 5.74) is -2.13. The largest absolute Gasteiger partial charge is 0.394 e. The van der Waals surface area contributed by atoms with Crippen LogP contribution in [-0.2, 0) is 4.74 Å². The Kier molecular flexibility index (Phi) is 3.43. The lowest BCUT2D eigenvalue weighted by Crippen LogP contribution is -2.71. The van der Waals surface area contributed by atoms with Gasteiger partial charge in [0.1, 0.15) is 18.3 Å². The summed E-state index contributed by atoms with van der Waals surface area (Å²) >= 11 is 0. The third kappa shape index (κ3) is 1.63. The second-order valence-electron chi connectivity index (χ2n) is 3.22. The van der Waals surface area contributed by atoms with E-state index in [2.05, 4.69) is 5.32 Å². The Morgan fingerprint density at radius 3 is 2.36 bits per heavy atom. The van der Waals surface area contributed by atoms with Gasteiger partial charge in [-0.15, -0.1) is 0 Å². The second-order valence-corrected chi connectivity index (χ2v) is 3.22. The van der Waals surface area contributed by atoms with Crippen LogP contribution in [0.15, 0.2) is 0 Å². The Bertz CT molecular complexity index is 203. The standard InChI is InChI=1S/C7H15NO6/c1-8-7(13)5(11)4(10)3(2-9)14-6(7)12/h3-6,8-13H,2H2,1H3/t3-,4-,5+,6?,7-/m0/s1. The highest BCUT2D eigenvalue weighted by Gasteiger charge is 2.53. The third-order valence-electron chi connectivity index (χ3n) is 2.42. The van der Waals surface area contributed by atoms with Gasteiger partial charge in [-0.25, -0.2) is 0 Å². The number of aliphatic hydroxyl groups is 5. The van der Waals surface area contributed by atoms with Crippen molar-refractivity contribution >= 4 is 0 Å². The molecule has 84 valence electrons. The van der Waals surface area contributed by atoms with Crippen molar-refractivity contribution in [3.63, 3.8) is 0 Å². The molecule has 0 aromatic heterocycles. The van der Waals surface area contributed by atoms with Gasteiger partial charge in [0, 0.05) is 0 Å².